The van der Waals surface area contributed by atoms with Gasteiger partial charge < -0.3 is 4.74 Å². The summed E-state index contributed by atoms with van der Waals surface area (Å²) in [4.78, 5) is 13.4. The van der Waals surface area contributed by atoms with Crippen LogP contribution in [0.25, 0.3) is 0 Å². The van der Waals surface area contributed by atoms with E-state index in [0.717, 1.165) is 0 Å². The molecule has 0 fully saturated rings. The molecule has 2 rings (SSSR count). The summed E-state index contributed by atoms with van der Waals surface area (Å²) >= 11 is 3.45. The van der Waals surface area contributed by atoms with Gasteiger partial charge >= 0.3 is 0 Å². The molecule has 0 aliphatic carbocycles. The minimum absolute atomic E-state index is 0.0490. The minimum atomic E-state index is -3.87. The van der Waals surface area contributed by atoms with Gasteiger partial charge in [0.05, 0.1) is 16.6 Å². The van der Waals surface area contributed by atoms with Crippen LogP contribution in [-0.4, -0.2) is 53.9 Å². The molecule has 2 aromatic rings. The van der Waals surface area contributed by atoms with Crippen molar-refractivity contribution in [3.63, 3.8) is 0 Å². The molecule has 2 unspecified atom stereocenters. The number of benzene rings is 2. The van der Waals surface area contributed by atoms with Crippen LogP contribution in [0.3, 0.4) is 0 Å². The Balaban J connectivity index is 2.20. The van der Waals surface area contributed by atoms with Gasteiger partial charge in [0.1, 0.15) is 5.75 Å². The zero-order chi connectivity index (χ0) is 25.1. The van der Waals surface area contributed by atoms with E-state index in [0.29, 0.717) is 17.9 Å². The van der Waals surface area contributed by atoms with Crippen LogP contribution in [0.5, 0.6) is 5.75 Å². The number of hydrogen-bond donors (Lipinski definition) is 2. The summed E-state index contributed by atoms with van der Waals surface area (Å²) in [6.45, 7) is 6.24. The molecule has 188 valence electrons. The third-order valence-corrected chi connectivity index (χ3v) is 9.46. The lowest BCUT2D eigenvalue weighted by atomic mass is 10.1. The van der Waals surface area contributed by atoms with Gasteiger partial charge in [-0.15, -0.1) is 23.5 Å². The molecule has 0 radical (unpaired) electrons. The molecular formula is C24H34N2O5S3. The van der Waals surface area contributed by atoms with Gasteiger partial charge in [0.25, 0.3) is 0 Å². The second-order valence-corrected chi connectivity index (χ2v) is 13.2. The van der Waals surface area contributed by atoms with E-state index in [4.69, 9.17) is 9.94 Å². The highest BCUT2D eigenvalue weighted by Gasteiger charge is 2.33. The van der Waals surface area contributed by atoms with Gasteiger partial charge in [-0.3, -0.25) is 10.0 Å². The third-order valence-electron chi connectivity index (χ3n) is 5.01. The Labute approximate surface area is 211 Å². The summed E-state index contributed by atoms with van der Waals surface area (Å²) in [6.07, 6.45) is 0.346. The lowest BCUT2D eigenvalue weighted by molar-refractivity contribution is -0.130. The SMILES string of the molecule is COc1ccc(S(=O)(=O)N(CC(C)C)C(CCSC(C)Sc2ccccc2)CC(=O)NO)cc1. The fourth-order valence-corrected chi connectivity index (χ4v) is 7.54. The largest absolute Gasteiger partial charge is 0.497 e. The second-order valence-electron chi connectivity index (χ2n) is 8.20. The maximum absolute atomic E-state index is 13.6. The van der Waals surface area contributed by atoms with Crippen molar-refractivity contribution >= 4 is 39.5 Å². The molecule has 10 heteroatoms. The topological polar surface area (TPSA) is 95.9 Å². The summed E-state index contributed by atoms with van der Waals surface area (Å²) in [7, 11) is -2.35. The van der Waals surface area contributed by atoms with E-state index in [-0.39, 0.29) is 28.4 Å². The highest BCUT2D eigenvalue weighted by Crippen LogP contribution is 2.32. The number of ether oxygens (including phenoxy) is 1. The van der Waals surface area contributed by atoms with E-state index >= 15 is 0 Å². The summed E-state index contributed by atoms with van der Waals surface area (Å²) in [6, 6.07) is 15.7. The summed E-state index contributed by atoms with van der Waals surface area (Å²) in [5, 5.41) is 9.11. The van der Waals surface area contributed by atoms with Gasteiger partial charge in [-0.2, -0.15) is 4.31 Å². The molecule has 34 heavy (non-hydrogen) atoms. The lowest BCUT2D eigenvalue weighted by Gasteiger charge is -2.32. The average molecular weight is 527 g/mol. The Morgan fingerprint density at radius 1 is 1.09 bits per heavy atom. The predicted molar refractivity (Wildman–Crippen MR) is 139 cm³/mol. The average Bonchev–Trinajstić information content (AvgIpc) is 2.82. The molecule has 2 N–H and O–H groups in total. The molecule has 0 spiro atoms. The van der Waals surface area contributed by atoms with E-state index in [9.17, 15) is 13.2 Å². The minimum Gasteiger partial charge on any atom is -0.497 e. The van der Waals surface area contributed by atoms with Crippen LogP contribution in [0.15, 0.2) is 64.4 Å². The van der Waals surface area contributed by atoms with Crippen molar-refractivity contribution < 1.29 is 23.2 Å². The molecule has 0 aromatic heterocycles. The smallest absolute Gasteiger partial charge is 0.244 e. The molecule has 0 bridgehead atoms. The van der Waals surface area contributed by atoms with E-state index in [1.54, 1.807) is 41.1 Å². The maximum Gasteiger partial charge on any atom is 0.244 e. The first-order valence-corrected chi connectivity index (χ1v) is 14.5. The van der Waals surface area contributed by atoms with Crippen molar-refractivity contribution in [3.05, 3.63) is 54.6 Å². The van der Waals surface area contributed by atoms with Crippen LogP contribution in [0.4, 0.5) is 0 Å². The fourth-order valence-electron chi connectivity index (χ4n) is 3.39. The van der Waals surface area contributed by atoms with Crippen LogP contribution in [0.2, 0.25) is 0 Å². The Bertz CT molecular complexity index is 985. The molecule has 7 nitrogen and oxygen atoms in total. The number of sulfonamides is 1. The molecule has 1 amide bonds. The zero-order valence-electron chi connectivity index (χ0n) is 20.0. The van der Waals surface area contributed by atoms with Crippen LogP contribution in [-0.2, 0) is 14.8 Å². The van der Waals surface area contributed by atoms with Gasteiger partial charge in [0.15, 0.2) is 0 Å². The number of hydrogen-bond acceptors (Lipinski definition) is 7. The number of thioether (sulfide) groups is 2. The van der Waals surface area contributed by atoms with Crippen LogP contribution < -0.4 is 10.2 Å². The summed E-state index contributed by atoms with van der Waals surface area (Å²) < 4.78 is 34.0. The van der Waals surface area contributed by atoms with Crippen molar-refractivity contribution in [1.82, 2.24) is 9.79 Å². The Morgan fingerprint density at radius 3 is 2.29 bits per heavy atom. The van der Waals surface area contributed by atoms with Crippen molar-refractivity contribution in [2.45, 2.75) is 54.0 Å². The number of amides is 1. The molecule has 0 heterocycles. The first-order valence-electron chi connectivity index (χ1n) is 11.1. The first-order chi connectivity index (χ1) is 16.2. The Kier molecular flexibility index (Phi) is 11.7. The van der Waals surface area contributed by atoms with Crippen LogP contribution in [0.1, 0.15) is 33.6 Å². The fraction of sp³-hybridized carbons (Fsp3) is 0.458. The molecular weight excluding hydrogens is 492 g/mol. The summed E-state index contributed by atoms with van der Waals surface area (Å²) in [5.41, 5.74) is 1.65. The lowest BCUT2D eigenvalue weighted by Crippen LogP contribution is -2.45. The Morgan fingerprint density at radius 2 is 1.74 bits per heavy atom. The number of carbonyl (C=O) groups is 1. The number of nitrogens with zero attached hydrogens (tertiary/aromatic N) is 1. The number of nitrogens with one attached hydrogen (secondary N) is 1. The zero-order valence-corrected chi connectivity index (χ0v) is 22.5. The highest BCUT2D eigenvalue weighted by atomic mass is 32.2. The number of hydroxylamine groups is 1. The highest BCUT2D eigenvalue weighted by molar-refractivity contribution is 8.17. The molecule has 2 atom stereocenters. The number of methoxy groups -OCH3 is 1. The standard InChI is InChI=1S/C24H34N2O5S3/c1-18(2)17-26(34(29,30)23-12-10-21(31-4)11-13-23)20(16-24(27)25-28)14-15-32-19(3)33-22-8-6-5-7-9-22/h5-13,18-20,28H,14-17H2,1-4H3,(H,25,27). The first kappa shape index (κ1) is 28.5. The van der Waals surface area contributed by atoms with Crippen molar-refractivity contribution in [2.24, 2.45) is 5.92 Å². The van der Waals surface area contributed by atoms with Crippen molar-refractivity contribution in [1.29, 1.82) is 0 Å². The van der Waals surface area contributed by atoms with E-state index in [1.807, 2.05) is 32.0 Å². The van der Waals surface area contributed by atoms with E-state index < -0.39 is 22.0 Å². The van der Waals surface area contributed by atoms with Crippen molar-refractivity contribution in [2.75, 3.05) is 19.4 Å². The van der Waals surface area contributed by atoms with Gasteiger partial charge in [-0.25, -0.2) is 13.9 Å². The predicted octanol–water partition coefficient (Wildman–Crippen LogP) is 4.87. The number of carbonyl (C=O) groups excluding carboxylic acids is 1. The molecule has 0 aliphatic rings. The molecule has 0 saturated carbocycles. The quantitative estimate of drug-likeness (QED) is 0.157. The third kappa shape index (κ3) is 8.81. The van der Waals surface area contributed by atoms with Gasteiger partial charge in [0, 0.05) is 23.9 Å². The van der Waals surface area contributed by atoms with Crippen LogP contribution in [0, 0.1) is 5.92 Å². The van der Waals surface area contributed by atoms with Gasteiger partial charge in [-0.1, -0.05) is 32.0 Å². The van der Waals surface area contributed by atoms with Gasteiger partial charge in [-0.05, 0) is 61.4 Å². The van der Waals surface area contributed by atoms with E-state index in [1.165, 1.54) is 28.4 Å². The maximum atomic E-state index is 13.6. The van der Waals surface area contributed by atoms with E-state index in [2.05, 4.69) is 19.1 Å². The van der Waals surface area contributed by atoms with Crippen LogP contribution >= 0.6 is 23.5 Å². The number of rotatable bonds is 14. The Hall–Kier alpha value is -1.72. The summed E-state index contributed by atoms with van der Waals surface area (Å²) in [5.74, 6) is 0.664. The molecule has 0 saturated heterocycles. The van der Waals surface area contributed by atoms with Gasteiger partial charge in [0.2, 0.25) is 15.9 Å². The molecule has 0 aliphatic heterocycles. The molecule has 2 aromatic carbocycles. The normalized spacial score (nSPS) is 13.6. The monoisotopic (exact) mass is 526 g/mol. The van der Waals surface area contributed by atoms with Crippen molar-refractivity contribution in [3.8, 4) is 5.75 Å². The second kappa shape index (κ2) is 14.0.